The fourth-order valence-corrected chi connectivity index (χ4v) is 1.77. The van der Waals surface area contributed by atoms with Gasteiger partial charge in [-0.05, 0) is 12.2 Å². The molecule has 0 fully saturated rings. The van der Waals surface area contributed by atoms with E-state index in [-0.39, 0.29) is 17.3 Å². The first kappa shape index (κ1) is 11.9. The lowest BCUT2D eigenvalue weighted by molar-refractivity contribution is 0.0884. The van der Waals surface area contributed by atoms with Gasteiger partial charge in [0.15, 0.2) is 11.5 Å². The summed E-state index contributed by atoms with van der Waals surface area (Å²) >= 11 is 4.05. The minimum atomic E-state index is -0.223. The summed E-state index contributed by atoms with van der Waals surface area (Å²) in [4.78, 5) is 23.7. The maximum atomic E-state index is 12.0. The zero-order chi connectivity index (χ0) is 12.3. The van der Waals surface area contributed by atoms with Crippen molar-refractivity contribution < 1.29 is 14.3 Å². The summed E-state index contributed by atoms with van der Waals surface area (Å²) in [5.41, 5.74) is 0.861. The molecule has 0 saturated carbocycles. The van der Waals surface area contributed by atoms with Crippen LogP contribution in [0.25, 0.3) is 0 Å². The van der Waals surface area contributed by atoms with Crippen LogP contribution < -0.4 is 0 Å². The number of fused-ring (bicyclic) bond motifs is 1. The second-order valence-corrected chi connectivity index (χ2v) is 4.12. The van der Waals surface area contributed by atoms with Crippen molar-refractivity contribution in [3.05, 3.63) is 47.2 Å². The molecule has 0 bridgehead atoms. The first-order chi connectivity index (χ1) is 8.24. The van der Waals surface area contributed by atoms with Gasteiger partial charge in [-0.25, -0.2) is 0 Å². The zero-order valence-electron chi connectivity index (χ0n) is 9.18. The van der Waals surface area contributed by atoms with Crippen molar-refractivity contribution in [1.82, 2.24) is 0 Å². The van der Waals surface area contributed by atoms with Crippen molar-refractivity contribution in [1.29, 1.82) is 0 Å². The van der Waals surface area contributed by atoms with Crippen LogP contribution in [0.15, 0.2) is 36.1 Å². The monoisotopic (exact) mass is 248 g/mol. The molecule has 0 amide bonds. The van der Waals surface area contributed by atoms with Crippen LogP contribution in [0, 0.1) is 0 Å². The molecule has 0 saturated heterocycles. The molecule has 88 valence electrons. The summed E-state index contributed by atoms with van der Waals surface area (Å²) in [5.74, 6) is 0.419. The molecule has 1 aromatic rings. The van der Waals surface area contributed by atoms with E-state index in [9.17, 15) is 9.59 Å². The number of Topliss-reactive ketones (excluding diaryl/α,β-unsaturated/α-hetero) is 1. The van der Waals surface area contributed by atoms with Gasteiger partial charge in [0.2, 0.25) is 5.78 Å². The molecule has 0 unspecified atom stereocenters. The molecule has 0 aromatic heterocycles. The van der Waals surface area contributed by atoms with Crippen molar-refractivity contribution in [2.45, 2.75) is 6.42 Å². The van der Waals surface area contributed by atoms with Gasteiger partial charge in [0.1, 0.15) is 0 Å². The Balaban J connectivity index is 2.23. The minimum absolute atomic E-state index is 0.135. The fourth-order valence-electron chi connectivity index (χ4n) is 1.64. The molecule has 0 spiro atoms. The number of carbonyl (C=O) groups excluding carboxylic acids is 2. The van der Waals surface area contributed by atoms with Crippen molar-refractivity contribution in [3.63, 3.8) is 0 Å². The standard InChI is InChI=1S/C13H12O3S/c14-11-8-12(16-6-3-7-17)13(15)10-5-2-1-4-9(10)11/h1-2,4-5,8,17H,3,6-7H2. The van der Waals surface area contributed by atoms with Crippen LogP contribution >= 0.6 is 12.6 Å². The predicted octanol–water partition coefficient (Wildman–Crippen LogP) is 2.29. The van der Waals surface area contributed by atoms with Crippen LogP contribution in [0.5, 0.6) is 0 Å². The number of hydrogen-bond acceptors (Lipinski definition) is 4. The van der Waals surface area contributed by atoms with E-state index in [0.29, 0.717) is 23.5 Å². The van der Waals surface area contributed by atoms with E-state index in [4.69, 9.17) is 4.74 Å². The molecule has 1 aliphatic rings. The molecule has 1 aliphatic carbocycles. The Labute approximate surface area is 105 Å². The van der Waals surface area contributed by atoms with Crippen molar-refractivity contribution in [2.75, 3.05) is 12.4 Å². The maximum Gasteiger partial charge on any atom is 0.228 e. The van der Waals surface area contributed by atoms with E-state index in [0.717, 1.165) is 6.42 Å². The number of ether oxygens (including phenoxy) is 1. The van der Waals surface area contributed by atoms with Gasteiger partial charge in [-0.2, -0.15) is 12.6 Å². The molecule has 17 heavy (non-hydrogen) atoms. The van der Waals surface area contributed by atoms with Gasteiger partial charge in [-0.3, -0.25) is 9.59 Å². The van der Waals surface area contributed by atoms with Crippen LogP contribution in [-0.4, -0.2) is 23.9 Å². The first-order valence-electron chi connectivity index (χ1n) is 5.37. The Morgan fingerprint density at radius 3 is 2.53 bits per heavy atom. The Morgan fingerprint density at radius 1 is 1.12 bits per heavy atom. The van der Waals surface area contributed by atoms with Crippen molar-refractivity contribution in [2.24, 2.45) is 0 Å². The second-order valence-electron chi connectivity index (χ2n) is 3.67. The van der Waals surface area contributed by atoms with E-state index in [2.05, 4.69) is 12.6 Å². The number of allylic oxidation sites excluding steroid dienone is 2. The molecule has 3 nitrogen and oxygen atoms in total. The molecule has 0 atom stereocenters. The number of carbonyl (C=O) groups is 2. The number of ketones is 2. The fraction of sp³-hybridized carbons (Fsp3) is 0.231. The molecule has 2 rings (SSSR count). The second kappa shape index (κ2) is 5.19. The van der Waals surface area contributed by atoms with Crippen molar-refractivity contribution in [3.8, 4) is 0 Å². The summed E-state index contributed by atoms with van der Waals surface area (Å²) in [7, 11) is 0. The Bertz CT molecular complexity index is 491. The molecular formula is C13H12O3S. The van der Waals surface area contributed by atoms with E-state index < -0.39 is 0 Å². The van der Waals surface area contributed by atoms with E-state index in [1.54, 1.807) is 24.3 Å². The lowest BCUT2D eigenvalue weighted by Gasteiger charge is -2.15. The highest BCUT2D eigenvalue weighted by Crippen LogP contribution is 2.21. The van der Waals surface area contributed by atoms with Crippen LogP contribution in [0.3, 0.4) is 0 Å². The molecule has 1 aromatic carbocycles. The highest BCUT2D eigenvalue weighted by Gasteiger charge is 2.25. The zero-order valence-corrected chi connectivity index (χ0v) is 10.1. The summed E-state index contributed by atoms with van der Waals surface area (Å²) in [6, 6.07) is 6.77. The topological polar surface area (TPSA) is 43.4 Å². The number of thiol groups is 1. The number of benzene rings is 1. The van der Waals surface area contributed by atoms with Gasteiger partial charge >= 0.3 is 0 Å². The Kier molecular flexibility index (Phi) is 3.64. The molecular weight excluding hydrogens is 236 g/mol. The smallest absolute Gasteiger partial charge is 0.228 e. The molecule has 4 heteroatoms. The summed E-state index contributed by atoms with van der Waals surface area (Å²) in [6.45, 7) is 0.399. The number of rotatable bonds is 4. The van der Waals surface area contributed by atoms with Crippen LogP contribution in [0.4, 0.5) is 0 Å². The lowest BCUT2D eigenvalue weighted by Crippen LogP contribution is -2.18. The molecule has 0 radical (unpaired) electrons. The minimum Gasteiger partial charge on any atom is -0.489 e. The summed E-state index contributed by atoms with van der Waals surface area (Å²) < 4.78 is 5.30. The van der Waals surface area contributed by atoms with Gasteiger partial charge in [-0.15, -0.1) is 0 Å². The van der Waals surface area contributed by atoms with Crippen LogP contribution in [0.1, 0.15) is 27.1 Å². The third-order valence-electron chi connectivity index (χ3n) is 2.48. The molecule has 0 N–H and O–H groups in total. The maximum absolute atomic E-state index is 12.0. The molecule has 0 heterocycles. The van der Waals surface area contributed by atoms with Gasteiger partial charge in [0.25, 0.3) is 0 Å². The van der Waals surface area contributed by atoms with Gasteiger partial charge in [0, 0.05) is 17.2 Å². The van der Waals surface area contributed by atoms with Gasteiger partial charge in [-0.1, -0.05) is 24.3 Å². The number of hydrogen-bond donors (Lipinski definition) is 1. The van der Waals surface area contributed by atoms with Crippen molar-refractivity contribution >= 4 is 24.2 Å². The highest BCUT2D eigenvalue weighted by atomic mass is 32.1. The first-order valence-corrected chi connectivity index (χ1v) is 6.00. The highest BCUT2D eigenvalue weighted by molar-refractivity contribution is 7.80. The summed E-state index contributed by atoms with van der Waals surface area (Å²) in [5, 5.41) is 0. The summed E-state index contributed by atoms with van der Waals surface area (Å²) in [6.07, 6.45) is 2.01. The largest absolute Gasteiger partial charge is 0.489 e. The normalized spacial score (nSPS) is 14.3. The third kappa shape index (κ3) is 2.42. The quantitative estimate of drug-likeness (QED) is 0.656. The lowest BCUT2D eigenvalue weighted by atomic mass is 9.94. The van der Waals surface area contributed by atoms with E-state index in [1.165, 1.54) is 6.08 Å². The average Bonchev–Trinajstić information content (AvgIpc) is 2.36. The molecule has 0 aliphatic heterocycles. The van der Waals surface area contributed by atoms with Gasteiger partial charge in [0.05, 0.1) is 6.61 Å². The van der Waals surface area contributed by atoms with Crippen LogP contribution in [0.2, 0.25) is 0 Å². The SMILES string of the molecule is O=C1C=C(OCCCS)C(=O)c2ccccc21. The third-order valence-corrected chi connectivity index (χ3v) is 2.80. The Morgan fingerprint density at radius 2 is 1.82 bits per heavy atom. The van der Waals surface area contributed by atoms with E-state index >= 15 is 0 Å². The van der Waals surface area contributed by atoms with E-state index in [1.807, 2.05) is 0 Å². The van der Waals surface area contributed by atoms with Gasteiger partial charge < -0.3 is 4.74 Å². The Hall–Kier alpha value is -1.55. The predicted molar refractivity (Wildman–Crippen MR) is 67.6 cm³/mol. The average molecular weight is 248 g/mol. The van der Waals surface area contributed by atoms with Crippen LogP contribution in [-0.2, 0) is 4.74 Å².